The van der Waals surface area contributed by atoms with Crippen LogP contribution in [-0.2, 0) is 11.2 Å². The molecular formula is C14H17NO3. The Morgan fingerprint density at radius 1 is 1.39 bits per heavy atom. The van der Waals surface area contributed by atoms with Gasteiger partial charge < -0.3 is 10.4 Å². The molecule has 1 aromatic rings. The molecule has 0 aromatic heterocycles. The molecule has 0 bridgehead atoms. The summed E-state index contributed by atoms with van der Waals surface area (Å²) in [4.78, 5) is 22.8. The summed E-state index contributed by atoms with van der Waals surface area (Å²) in [6.45, 7) is 2.00. The molecule has 1 fully saturated rings. The van der Waals surface area contributed by atoms with E-state index in [1.165, 1.54) is 18.9 Å². The highest BCUT2D eigenvalue weighted by Gasteiger charge is 2.28. The smallest absolute Gasteiger partial charge is 0.335 e. The van der Waals surface area contributed by atoms with Crippen molar-refractivity contribution in [2.45, 2.75) is 32.2 Å². The van der Waals surface area contributed by atoms with Crippen molar-refractivity contribution in [1.29, 1.82) is 0 Å². The van der Waals surface area contributed by atoms with E-state index < -0.39 is 5.97 Å². The van der Waals surface area contributed by atoms with Crippen molar-refractivity contribution < 1.29 is 14.7 Å². The molecule has 4 heteroatoms. The number of nitrogens with one attached hydrogen (secondary N) is 1. The molecule has 18 heavy (non-hydrogen) atoms. The zero-order valence-corrected chi connectivity index (χ0v) is 10.3. The molecule has 1 amide bonds. The lowest BCUT2D eigenvalue weighted by Gasteiger charge is -2.13. The lowest BCUT2D eigenvalue weighted by atomic mass is 10.0. The summed E-state index contributed by atoms with van der Waals surface area (Å²) in [6, 6.07) is 6.81. The third kappa shape index (κ3) is 3.09. The van der Waals surface area contributed by atoms with E-state index in [0.29, 0.717) is 11.5 Å². The molecule has 96 valence electrons. The summed E-state index contributed by atoms with van der Waals surface area (Å²) in [6.07, 6.45) is 2.47. The van der Waals surface area contributed by atoms with Crippen molar-refractivity contribution >= 4 is 11.9 Å². The van der Waals surface area contributed by atoms with E-state index >= 15 is 0 Å². The fraction of sp³-hybridized carbons (Fsp3) is 0.429. The third-order valence-corrected chi connectivity index (χ3v) is 3.32. The molecule has 0 radical (unpaired) electrons. The normalized spacial score (nSPS) is 16.1. The zero-order chi connectivity index (χ0) is 13.1. The quantitative estimate of drug-likeness (QED) is 0.834. The van der Waals surface area contributed by atoms with Crippen molar-refractivity contribution in [3.05, 3.63) is 35.4 Å². The molecule has 1 aliphatic rings. The van der Waals surface area contributed by atoms with Crippen LogP contribution < -0.4 is 5.32 Å². The van der Waals surface area contributed by atoms with Gasteiger partial charge in [-0.2, -0.15) is 0 Å². The Morgan fingerprint density at radius 2 is 2.06 bits per heavy atom. The molecule has 1 atom stereocenters. The van der Waals surface area contributed by atoms with E-state index in [1.54, 1.807) is 18.2 Å². The molecule has 4 nitrogen and oxygen atoms in total. The number of benzene rings is 1. The van der Waals surface area contributed by atoms with E-state index in [9.17, 15) is 9.59 Å². The van der Waals surface area contributed by atoms with E-state index in [1.807, 2.05) is 6.92 Å². The first-order valence-corrected chi connectivity index (χ1v) is 6.18. The van der Waals surface area contributed by atoms with Gasteiger partial charge in [0, 0.05) is 6.04 Å². The Labute approximate surface area is 106 Å². The maximum Gasteiger partial charge on any atom is 0.335 e. The average Bonchev–Trinajstić information content (AvgIpc) is 3.12. The number of carbonyl (C=O) groups is 2. The highest BCUT2D eigenvalue weighted by Crippen LogP contribution is 2.32. The van der Waals surface area contributed by atoms with Crippen LogP contribution in [0.15, 0.2) is 24.3 Å². The number of carboxylic acid groups (broad SMARTS) is 1. The van der Waals surface area contributed by atoms with Crippen LogP contribution in [0.5, 0.6) is 0 Å². The average molecular weight is 247 g/mol. The summed E-state index contributed by atoms with van der Waals surface area (Å²) in [7, 11) is 0. The van der Waals surface area contributed by atoms with Gasteiger partial charge in [-0.05, 0) is 37.3 Å². The molecule has 1 aliphatic carbocycles. The van der Waals surface area contributed by atoms with Crippen LogP contribution in [0.25, 0.3) is 0 Å². The largest absolute Gasteiger partial charge is 0.478 e. The Kier molecular flexibility index (Phi) is 3.65. The van der Waals surface area contributed by atoms with Crippen LogP contribution in [0.4, 0.5) is 0 Å². The van der Waals surface area contributed by atoms with Crippen molar-refractivity contribution in [2.75, 3.05) is 0 Å². The van der Waals surface area contributed by atoms with E-state index in [0.717, 1.165) is 0 Å². The summed E-state index contributed by atoms with van der Waals surface area (Å²) < 4.78 is 0. The highest BCUT2D eigenvalue weighted by atomic mass is 16.4. The standard InChI is InChI=1S/C14H17NO3/c1-9(10-6-7-10)15-13(16)8-11-4-2-3-5-12(11)14(17)18/h2-5,9-10H,6-8H2,1H3,(H,15,16)(H,17,18). The number of aromatic carboxylic acids is 1. The van der Waals surface area contributed by atoms with Crippen LogP contribution in [0.1, 0.15) is 35.7 Å². The molecule has 1 aromatic carbocycles. The topological polar surface area (TPSA) is 66.4 Å². The van der Waals surface area contributed by atoms with E-state index in [4.69, 9.17) is 5.11 Å². The van der Waals surface area contributed by atoms with E-state index in [2.05, 4.69) is 5.32 Å². The number of carboxylic acids is 1. The van der Waals surface area contributed by atoms with Gasteiger partial charge in [-0.1, -0.05) is 18.2 Å². The summed E-state index contributed by atoms with van der Waals surface area (Å²) in [5.74, 6) is -0.500. The molecular weight excluding hydrogens is 230 g/mol. The zero-order valence-electron chi connectivity index (χ0n) is 10.3. The summed E-state index contributed by atoms with van der Waals surface area (Å²) in [5, 5.41) is 12.0. The fourth-order valence-electron chi connectivity index (χ4n) is 2.08. The first-order chi connectivity index (χ1) is 8.58. The van der Waals surface area contributed by atoms with Crippen LogP contribution >= 0.6 is 0 Å². The van der Waals surface area contributed by atoms with Crippen molar-refractivity contribution in [3.63, 3.8) is 0 Å². The molecule has 1 unspecified atom stereocenters. The van der Waals surface area contributed by atoms with Crippen molar-refractivity contribution in [3.8, 4) is 0 Å². The SMILES string of the molecule is CC(NC(=O)Cc1ccccc1C(=O)O)C1CC1. The first kappa shape index (κ1) is 12.6. The van der Waals surface area contributed by atoms with Crippen LogP contribution in [0.2, 0.25) is 0 Å². The van der Waals surface area contributed by atoms with Gasteiger partial charge in [-0.25, -0.2) is 4.79 Å². The lowest BCUT2D eigenvalue weighted by molar-refractivity contribution is -0.121. The number of hydrogen-bond acceptors (Lipinski definition) is 2. The van der Waals surface area contributed by atoms with Crippen LogP contribution in [-0.4, -0.2) is 23.0 Å². The minimum atomic E-state index is -0.992. The van der Waals surface area contributed by atoms with Crippen molar-refractivity contribution in [1.82, 2.24) is 5.32 Å². The van der Waals surface area contributed by atoms with Crippen molar-refractivity contribution in [2.24, 2.45) is 5.92 Å². The van der Waals surface area contributed by atoms with Crippen LogP contribution in [0.3, 0.4) is 0 Å². The van der Waals surface area contributed by atoms with Gasteiger partial charge in [0.2, 0.25) is 5.91 Å². The van der Waals surface area contributed by atoms with Gasteiger partial charge in [0.1, 0.15) is 0 Å². The van der Waals surface area contributed by atoms with Crippen LogP contribution in [0, 0.1) is 5.92 Å². The Hall–Kier alpha value is -1.84. The molecule has 0 heterocycles. The lowest BCUT2D eigenvalue weighted by Crippen LogP contribution is -2.35. The van der Waals surface area contributed by atoms with Gasteiger partial charge >= 0.3 is 5.97 Å². The molecule has 0 aliphatic heterocycles. The molecule has 2 N–H and O–H groups in total. The second-order valence-electron chi connectivity index (χ2n) is 4.83. The Balaban J connectivity index is 1.99. The molecule has 0 saturated heterocycles. The van der Waals surface area contributed by atoms with Gasteiger partial charge in [0.25, 0.3) is 0 Å². The molecule has 2 rings (SSSR count). The summed E-state index contributed by atoms with van der Waals surface area (Å²) in [5.41, 5.74) is 0.761. The van der Waals surface area contributed by atoms with Gasteiger partial charge in [-0.3, -0.25) is 4.79 Å². The van der Waals surface area contributed by atoms with Gasteiger partial charge in [-0.15, -0.1) is 0 Å². The highest BCUT2D eigenvalue weighted by molar-refractivity contribution is 5.91. The predicted octanol–water partition coefficient (Wildman–Crippen LogP) is 1.84. The summed E-state index contributed by atoms with van der Waals surface area (Å²) >= 11 is 0. The fourth-order valence-corrected chi connectivity index (χ4v) is 2.08. The Morgan fingerprint density at radius 3 is 2.67 bits per heavy atom. The number of rotatable bonds is 5. The molecule has 0 spiro atoms. The Bertz CT molecular complexity index is 466. The van der Waals surface area contributed by atoms with Gasteiger partial charge in [0.15, 0.2) is 0 Å². The second-order valence-corrected chi connectivity index (χ2v) is 4.83. The minimum absolute atomic E-state index is 0.108. The van der Waals surface area contributed by atoms with E-state index in [-0.39, 0.29) is 23.9 Å². The monoisotopic (exact) mass is 247 g/mol. The number of amides is 1. The van der Waals surface area contributed by atoms with Gasteiger partial charge in [0.05, 0.1) is 12.0 Å². The second kappa shape index (κ2) is 5.21. The first-order valence-electron chi connectivity index (χ1n) is 6.18. The third-order valence-electron chi connectivity index (χ3n) is 3.32. The number of hydrogen-bond donors (Lipinski definition) is 2. The maximum absolute atomic E-state index is 11.8. The predicted molar refractivity (Wildman–Crippen MR) is 67.4 cm³/mol. The minimum Gasteiger partial charge on any atom is -0.478 e. The number of carbonyl (C=O) groups excluding carboxylic acids is 1. The maximum atomic E-state index is 11.8. The molecule has 1 saturated carbocycles.